The second kappa shape index (κ2) is 11.2. The number of aromatic nitrogens is 2. The first kappa shape index (κ1) is 22.4. The Balaban J connectivity index is 1.69. The lowest BCUT2D eigenvalue weighted by molar-refractivity contribution is -0.131. The molecule has 1 saturated heterocycles. The third-order valence-electron chi connectivity index (χ3n) is 4.97. The average molecular weight is 447 g/mol. The number of amides is 1. The van der Waals surface area contributed by atoms with Crippen molar-refractivity contribution in [3.63, 3.8) is 0 Å². The molecule has 2 aromatic rings. The van der Waals surface area contributed by atoms with Crippen LogP contribution in [0.3, 0.4) is 0 Å². The molecule has 3 rings (SSSR count). The van der Waals surface area contributed by atoms with Gasteiger partial charge in [0.2, 0.25) is 5.91 Å². The molecule has 3 heterocycles. The molecule has 0 aromatic carbocycles. The molecule has 0 radical (unpaired) electrons. The van der Waals surface area contributed by atoms with Crippen molar-refractivity contribution in [2.45, 2.75) is 44.2 Å². The molecule has 1 aliphatic rings. The van der Waals surface area contributed by atoms with Crippen molar-refractivity contribution in [3.05, 3.63) is 10.9 Å². The summed E-state index contributed by atoms with van der Waals surface area (Å²) in [6.45, 7) is 5.37. The zero-order valence-electron chi connectivity index (χ0n) is 17.1. The number of anilines is 1. The van der Waals surface area contributed by atoms with Gasteiger partial charge in [-0.3, -0.25) is 9.59 Å². The van der Waals surface area contributed by atoms with Gasteiger partial charge in [-0.1, -0.05) is 6.92 Å². The molecule has 1 fully saturated rings. The summed E-state index contributed by atoms with van der Waals surface area (Å²) in [6.07, 6.45) is 9.23. The molecule has 2 aromatic heterocycles. The molecule has 0 atom stereocenters. The van der Waals surface area contributed by atoms with E-state index >= 15 is 0 Å². The summed E-state index contributed by atoms with van der Waals surface area (Å²) in [5.74, 6) is 3.89. The van der Waals surface area contributed by atoms with Crippen LogP contribution in [-0.2, 0) is 20.7 Å². The SMILES string of the molecule is C#CCCCCC(=O)N1CCN(c2nc(SCOC=O)nc3sc(CC)cc23)CC1. The van der Waals surface area contributed by atoms with Crippen LogP contribution >= 0.6 is 23.1 Å². The summed E-state index contributed by atoms with van der Waals surface area (Å²) in [5.41, 5.74) is 0. The van der Waals surface area contributed by atoms with Gasteiger partial charge in [0.15, 0.2) is 5.16 Å². The van der Waals surface area contributed by atoms with E-state index in [1.165, 1.54) is 16.6 Å². The van der Waals surface area contributed by atoms with E-state index in [0.29, 0.717) is 31.1 Å². The molecule has 1 amide bonds. The number of ether oxygens (including phenoxy) is 1. The highest BCUT2D eigenvalue weighted by atomic mass is 32.2. The lowest BCUT2D eigenvalue weighted by Crippen LogP contribution is -2.49. The predicted octanol–water partition coefficient (Wildman–Crippen LogP) is 3.32. The van der Waals surface area contributed by atoms with Gasteiger partial charge < -0.3 is 14.5 Å². The van der Waals surface area contributed by atoms with Crippen LogP contribution in [0, 0.1) is 12.3 Å². The zero-order valence-corrected chi connectivity index (χ0v) is 18.8. The summed E-state index contributed by atoms with van der Waals surface area (Å²) in [7, 11) is 0. The summed E-state index contributed by atoms with van der Waals surface area (Å²) in [4.78, 5) is 38.6. The number of unbranched alkanes of at least 4 members (excludes halogenated alkanes) is 2. The van der Waals surface area contributed by atoms with Crippen molar-refractivity contribution in [2.24, 2.45) is 0 Å². The fraction of sp³-hybridized carbons (Fsp3) is 0.524. The number of terminal acetylenes is 1. The minimum atomic E-state index is 0.183. The third kappa shape index (κ3) is 5.64. The van der Waals surface area contributed by atoms with Crippen LogP contribution in [0.25, 0.3) is 10.2 Å². The van der Waals surface area contributed by atoms with Crippen molar-refractivity contribution in [2.75, 3.05) is 37.0 Å². The van der Waals surface area contributed by atoms with Crippen LogP contribution in [0.4, 0.5) is 5.82 Å². The second-order valence-electron chi connectivity index (χ2n) is 6.92. The fourth-order valence-corrected chi connectivity index (χ4v) is 4.92. The Bertz CT molecular complexity index is 917. The molecular formula is C21H26N4O3S2. The molecule has 30 heavy (non-hydrogen) atoms. The van der Waals surface area contributed by atoms with Gasteiger partial charge in [0.05, 0.1) is 5.39 Å². The number of nitrogens with zero attached hydrogens (tertiary/aromatic N) is 4. The first-order chi connectivity index (χ1) is 14.7. The number of thioether (sulfide) groups is 1. The zero-order chi connectivity index (χ0) is 21.3. The van der Waals surface area contributed by atoms with Gasteiger partial charge in [-0.2, -0.15) is 0 Å². The van der Waals surface area contributed by atoms with Gasteiger partial charge in [0, 0.05) is 43.9 Å². The molecule has 0 spiro atoms. The fourth-order valence-electron chi connectivity index (χ4n) is 3.36. The molecular weight excluding hydrogens is 420 g/mol. The maximum absolute atomic E-state index is 12.4. The number of thiophene rings is 1. The van der Waals surface area contributed by atoms with Crippen molar-refractivity contribution in [1.29, 1.82) is 0 Å². The minimum Gasteiger partial charge on any atom is -0.456 e. The van der Waals surface area contributed by atoms with Crippen LogP contribution in [0.5, 0.6) is 0 Å². The Morgan fingerprint density at radius 3 is 2.83 bits per heavy atom. The molecule has 0 saturated carbocycles. The highest BCUT2D eigenvalue weighted by Crippen LogP contribution is 2.33. The Kier molecular flexibility index (Phi) is 8.34. The molecule has 7 nitrogen and oxygen atoms in total. The van der Waals surface area contributed by atoms with Gasteiger partial charge in [-0.15, -0.1) is 23.7 Å². The summed E-state index contributed by atoms with van der Waals surface area (Å²) in [6, 6.07) is 2.16. The summed E-state index contributed by atoms with van der Waals surface area (Å²) < 4.78 is 4.79. The third-order valence-corrected chi connectivity index (χ3v) is 6.84. The van der Waals surface area contributed by atoms with Crippen LogP contribution in [-0.4, -0.2) is 59.4 Å². The molecule has 1 aliphatic heterocycles. The van der Waals surface area contributed by atoms with Gasteiger partial charge in [0.1, 0.15) is 16.6 Å². The van der Waals surface area contributed by atoms with E-state index in [9.17, 15) is 9.59 Å². The molecule has 0 bridgehead atoms. The Morgan fingerprint density at radius 1 is 1.33 bits per heavy atom. The van der Waals surface area contributed by atoms with Gasteiger partial charge in [-0.25, -0.2) is 9.97 Å². The van der Waals surface area contributed by atoms with E-state index in [0.717, 1.165) is 54.8 Å². The molecule has 9 heteroatoms. The monoisotopic (exact) mass is 446 g/mol. The Morgan fingerprint density at radius 2 is 2.13 bits per heavy atom. The van der Waals surface area contributed by atoms with Crippen molar-refractivity contribution in [1.82, 2.24) is 14.9 Å². The summed E-state index contributed by atoms with van der Waals surface area (Å²) >= 11 is 2.97. The number of carbonyl (C=O) groups excluding carboxylic acids is 2. The van der Waals surface area contributed by atoms with E-state index in [1.54, 1.807) is 11.3 Å². The number of fused-ring (bicyclic) bond motifs is 1. The number of rotatable bonds is 10. The van der Waals surface area contributed by atoms with Crippen molar-refractivity contribution < 1.29 is 14.3 Å². The number of aryl methyl sites for hydroxylation is 1. The van der Waals surface area contributed by atoms with Gasteiger partial charge >= 0.3 is 0 Å². The minimum absolute atomic E-state index is 0.183. The van der Waals surface area contributed by atoms with E-state index in [1.807, 2.05) is 4.90 Å². The van der Waals surface area contributed by atoms with Crippen LogP contribution in [0.2, 0.25) is 0 Å². The topological polar surface area (TPSA) is 75.6 Å². The van der Waals surface area contributed by atoms with Gasteiger partial charge in [-0.05, 0) is 37.1 Å². The van der Waals surface area contributed by atoms with Gasteiger partial charge in [0.25, 0.3) is 6.47 Å². The summed E-state index contributed by atoms with van der Waals surface area (Å²) in [5, 5.41) is 1.64. The van der Waals surface area contributed by atoms with E-state index < -0.39 is 0 Å². The molecule has 0 N–H and O–H groups in total. The standard InChI is InChI=1S/C21H26N4O3S2/c1-3-5-6-7-8-18(27)24-9-11-25(12-10-24)19-17-13-16(4-2)30-20(17)23-21(22-19)29-15-28-14-26/h1,13-14H,4-12,15H2,2H3. The Hall–Kier alpha value is -2.31. The smallest absolute Gasteiger partial charge is 0.293 e. The van der Waals surface area contributed by atoms with Crippen LogP contribution in [0.1, 0.15) is 37.5 Å². The Labute approximate surface area is 185 Å². The highest BCUT2D eigenvalue weighted by molar-refractivity contribution is 7.99. The number of carbonyl (C=O) groups is 2. The first-order valence-corrected chi connectivity index (χ1v) is 11.9. The maximum atomic E-state index is 12.4. The van der Waals surface area contributed by atoms with Crippen LogP contribution in [0.15, 0.2) is 11.2 Å². The predicted molar refractivity (Wildman–Crippen MR) is 121 cm³/mol. The first-order valence-electron chi connectivity index (χ1n) is 10.1. The lowest BCUT2D eigenvalue weighted by Gasteiger charge is -2.35. The van der Waals surface area contributed by atoms with Crippen LogP contribution < -0.4 is 4.90 Å². The lowest BCUT2D eigenvalue weighted by atomic mass is 10.1. The largest absolute Gasteiger partial charge is 0.456 e. The second-order valence-corrected chi connectivity index (χ2v) is 8.92. The number of piperazine rings is 1. The maximum Gasteiger partial charge on any atom is 0.293 e. The quantitative estimate of drug-likeness (QED) is 0.138. The average Bonchev–Trinajstić information content (AvgIpc) is 3.20. The molecule has 0 unspecified atom stereocenters. The number of hydrogen-bond acceptors (Lipinski definition) is 8. The van der Waals surface area contributed by atoms with Crippen molar-refractivity contribution >= 4 is 51.5 Å². The van der Waals surface area contributed by atoms with Crippen molar-refractivity contribution in [3.8, 4) is 12.3 Å². The number of hydrogen-bond donors (Lipinski definition) is 0. The van der Waals surface area contributed by atoms with E-state index in [2.05, 4.69) is 28.8 Å². The van der Waals surface area contributed by atoms with E-state index in [4.69, 9.17) is 16.1 Å². The van der Waals surface area contributed by atoms with E-state index in [-0.39, 0.29) is 11.8 Å². The molecule has 160 valence electrons. The highest BCUT2D eigenvalue weighted by Gasteiger charge is 2.24. The normalized spacial score (nSPS) is 14.0. The molecule has 0 aliphatic carbocycles.